The lowest BCUT2D eigenvalue weighted by Crippen LogP contribution is -2.31. The average Bonchev–Trinajstić information content (AvgIpc) is 3.50. The minimum atomic E-state index is -4.43. The van der Waals surface area contributed by atoms with Crippen molar-refractivity contribution in [2.75, 3.05) is 0 Å². The molecule has 2 aromatic carbocycles. The van der Waals surface area contributed by atoms with E-state index in [2.05, 4.69) is 40.1 Å². The SMILES string of the molecule is CCCC[C@H](S)c1nnc([C@H](Cc2c[nH]c3ccccc23)NC(=O)Cc2ccc(C(F)(F)F)cc2)o1. The summed E-state index contributed by atoms with van der Waals surface area (Å²) in [6.07, 6.45) is 0.513. The second-order valence-corrected chi connectivity index (χ2v) is 9.32. The highest BCUT2D eigenvalue weighted by molar-refractivity contribution is 7.80. The molecule has 4 aromatic rings. The molecule has 0 saturated carbocycles. The lowest BCUT2D eigenvalue weighted by molar-refractivity contribution is -0.137. The molecule has 190 valence electrons. The van der Waals surface area contributed by atoms with Crippen LogP contribution in [0.1, 0.15) is 65.9 Å². The van der Waals surface area contributed by atoms with Gasteiger partial charge in [-0.15, -0.1) is 10.2 Å². The van der Waals surface area contributed by atoms with Crippen molar-refractivity contribution in [3.63, 3.8) is 0 Å². The van der Waals surface area contributed by atoms with Crippen molar-refractivity contribution in [3.8, 4) is 0 Å². The van der Waals surface area contributed by atoms with E-state index in [0.717, 1.165) is 47.9 Å². The van der Waals surface area contributed by atoms with E-state index in [1.54, 1.807) is 0 Å². The van der Waals surface area contributed by atoms with E-state index < -0.39 is 17.8 Å². The van der Waals surface area contributed by atoms with Gasteiger partial charge in [-0.1, -0.05) is 50.1 Å². The summed E-state index contributed by atoms with van der Waals surface area (Å²) in [7, 11) is 0. The van der Waals surface area contributed by atoms with E-state index >= 15 is 0 Å². The van der Waals surface area contributed by atoms with E-state index in [9.17, 15) is 18.0 Å². The topological polar surface area (TPSA) is 83.8 Å². The molecule has 2 heterocycles. The summed E-state index contributed by atoms with van der Waals surface area (Å²) in [5.41, 5.74) is 1.63. The van der Waals surface area contributed by atoms with Crippen LogP contribution in [-0.2, 0) is 23.8 Å². The molecule has 36 heavy (non-hydrogen) atoms. The predicted molar refractivity (Wildman–Crippen MR) is 134 cm³/mol. The Labute approximate surface area is 212 Å². The number of nitrogens with zero attached hydrogens (tertiary/aromatic N) is 2. The summed E-state index contributed by atoms with van der Waals surface area (Å²) in [5.74, 6) is 0.280. The second kappa shape index (κ2) is 11.2. The number of para-hydroxylation sites is 1. The first-order valence-electron chi connectivity index (χ1n) is 11.8. The lowest BCUT2D eigenvalue weighted by Gasteiger charge is -2.16. The van der Waals surface area contributed by atoms with Crippen LogP contribution in [0.4, 0.5) is 13.2 Å². The van der Waals surface area contributed by atoms with Gasteiger partial charge in [-0.05, 0) is 35.7 Å². The molecule has 6 nitrogen and oxygen atoms in total. The van der Waals surface area contributed by atoms with Gasteiger partial charge in [0.2, 0.25) is 17.7 Å². The highest BCUT2D eigenvalue weighted by Gasteiger charge is 2.30. The Balaban J connectivity index is 1.54. The molecule has 1 amide bonds. The van der Waals surface area contributed by atoms with Gasteiger partial charge >= 0.3 is 6.18 Å². The molecular weight excluding hydrogens is 489 g/mol. The summed E-state index contributed by atoms with van der Waals surface area (Å²) in [6, 6.07) is 11.7. The summed E-state index contributed by atoms with van der Waals surface area (Å²) < 4.78 is 44.5. The summed E-state index contributed by atoms with van der Waals surface area (Å²) in [5, 5.41) is 12.1. The Kier molecular flexibility index (Phi) is 8.03. The number of hydrogen-bond donors (Lipinski definition) is 3. The van der Waals surface area contributed by atoms with E-state index in [1.807, 2.05) is 30.5 Å². The average molecular weight is 517 g/mol. The first kappa shape index (κ1) is 25.8. The molecular formula is C26H27F3N4O2S. The van der Waals surface area contributed by atoms with Crippen molar-refractivity contribution >= 4 is 29.4 Å². The van der Waals surface area contributed by atoms with Crippen LogP contribution in [0, 0.1) is 0 Å². The maximum absolute atomic E-state index is 12.9. The normalized spacial score (nSPS) is 13.6. The van der Waals surface area contributed by atoms with Gasteiger partial charge in [-0.2, -0.15) is 25.8 Å². The molecule has 0 unspecified atom stereocenters. The Morgan fingerprint density at radius 2 is 1.83 bits per heavy atom. The molecule has 0 radical (unpaired) electrons. The van der Waals surface area contributed by atoms with Crippen molar-refractivity contribution in [1.82, 2.24) is 20.5 Å². The van der Waals surface area contributed by atoms with E-state index in [1.165, 1.54) is 12.1 Å². The monoisotopic (exact) mass is 516 g/mol. The molecule has 4 rings (SSSR count). The smallest absolute Gasteiger partial charge is 0.416 e. The van der Waals surface area contributed by atoms with Crippen LogP contribution in [0.2, 0.25) is 0 Å². The summed E-state index contributed by atoms with van der Waals surface area (Å²) in [4.78, 5) is 16.1. The fourth-order valence-electron chi connectivity index (χ4n) is 4.01. The number of thiol groups is 1. The van der Waals surface area contributed by atoms with Crippen molar-refractivity contribution in [1.29, 1.82) is 0 Å². The molecule has 0 aliphatic heterocycles. The number of aromatic nitrogens is 3. The van der Waals surface area contributed by atoms with Crippen molar-refractivity contribution in [3.05, 3.63) is 83.2 Å². The number of halogens is 3. The van der Waals surface area contributed by atoms with Crippen molar-refractivity contribution < 1.29 is 22.4 Å². The quantitative estimate of drug-likeness (QED) is 0.214. The molecule has 0 saturated heterocycles. The number of nitrogens with one attached hydrogen (secondary N) is 2. The molecule has 0 aliphatic carbocycles. The third kappa shape index (κ3) is 6.29. The van der Waals surface area contributed by atoms with Crippen molar-refractivity contribution in [2.24, 2.45) is 0 Å². The number of rotatable bonds is 10. The van der Waals surface area contributed by atoms with Crippen LogP contribution < -0.4 is 5.32 Å². The molecule has 2 aromatic heterocycles. The van der Waals surface area contributed by atoms with E-state index in [-0.39, 0.29) is 23.5 Å². The number of fused-ring (bicyclic) bond motifs is 1. The molecule has 2 atom stereocenters. The van der Waals surface area contributed by atoms with Gasteiger partial charge in [0.1, 0.15) is 6.04 Å². The Hall–Kier alpha value is -3.27. The Morgan fingerprint density at radius 3 is 2.56 bits per heavy atom. The molecule has 0 bridgehead atoms. The van der Waals surface area contributed by atoms with Gasteiger partial charge in [-0.25, -0.2) is 0 Å². The lowest BCUT2D eigenvalue weighted by atomic mass is 10.0. The number of carbonyl (C=O) groups is 1. The zero-order valence-electron chi connectivity index (χ0n) is 19.7. The van der Waals surface area contributed by atoms with Gasteiger partial charge in [0.15, 0.2) is 0 Å². The zero-order chi connectivity index (χ0) is 25.7. The first-order valence-corrected chi connectivity index (χ1v) is 12.3. The van der Waals surface area contributed by atoms with Gasteiger partial charge < -0.3 is 14.7 Å². The number of aromatic amines is 1. The van der Waals surface area contributed by atoms with Gasteiger partial charge in [0, 0.05) is 23.5 Å². The van der Waals surface area contributed by atoms with Crippen LogP contribution in [-0.4, -0.2) is 21.1 Å². The summed E-state index contributed by atoms with van der Waals surface area (Å²) in [6.45, 7) is 2.09. The maximum Gasteiger partial charge on any atom is 0.416 e. The highest BCUT2D eigenvalue weighted by atomic mass is 32.1. The highest BCUT2D eigenvalue weighted by Crippen LogP contribution is 2.30. The summed E-state index contributed by atoms with van der Waals surface area (Å²) >= 11 is 4.57. The van der Waals surface area contributed by atoms with Crippen LogP contribution in [0.3, 0.4) is 0 Å². The van der Waals surface area contributed by atoms with Crippen molar-refractivity contribution in [2.45, 2.75) is 56.5 Å². The van der Waals surface area contributed by atoms with Crippen LogP contribution in [0.15, 0.2) is 59.1 Å². The minimum absolute atomic E-state index is 0.0881. The number of benzene rings is 2. The Morgan fingerprint density at radius 1 is 1.11 bits per heavy atom. The predicted octanol–water partition coefficient (Wildman–Crippen LogP) is 6.37. The fourth-order valence-corrected chi connectivity index (χ4v) is 4.29. The largest absolute Gasteiger partial charge is 0.422 e. The zero-order valence-corrected chi connectivity index (χ0v) is 20.6. The van der Waals surface area contributed by atoms with Gasteiger partial charge in [0.05, 0.1) is 17.2 Å². The van der Waals surface area contributed by atoms with Crippen LogP contribution >= 0.6 is 12.6 Å². The number of carbonyl (C=O) groups excluding carboxylic acids is 1. The first-order chi connectivity index (χ1) is 17.2. The number of H-pyrrole nitrogens is 1. The third-order valence-corrected chi connectivity index (χ3v) is 6.43. The fraction of sp³-hybridized carbons (Fsp3) is 0.346. The van der Waals surface area contributed by atoms with Gasteiger partial charge in [-0.3, -0.25) is 4.79 Å². The maximum atomic E-state index is 12.9. The molecule has 0 fully saturated rings. The third-order valence-electron chi connectivity index (χ3n) is 5.95. The Bertz CT molecular complexity index is 1300. The molecule has 2 N–H and O–H groups in total. The second-order valence-electron chi connectivity index (χ2n) is 8.69. The van der Waals surface area contributed by atoms with Crippen LogP contribution in [0.25, 0.3) is 10.9 Å². The standard InChI is InChI=1S/C26H27F3N4O2S/c1-2-3-8-22(36)25-33-32-24(35-25)21(14-17-15-30-20-7-5-4-6-19(17)20)31-23(34)13-16-9-11-18(12-10-16)26(27,28)29/h4-7,9-12,15,21-22,30,36H,2-3,8,13-14H2,1H3,(H,31,34)/t21-,22-/m0/s1. The van der Waals surface area contributed by atoms with E-state index in [4.69, 9.17) is 4.42 Å². The molecule has 10 heteroatoms. The number of hydrogen-bond acceptors (Lipinski definition) is 5. The number of unbranched alkanes of at least 4 members (excludes halogenated alkanes) is 1. The molecule has 0 aliphatic rings. The number of amides is 1. The van der Waals surface area contributed by atoms with E-state index in [0.29, 0.717) is 17.9 Å². The molecule has 0 spiro atoms. The minimum Gasteiger partial charge on any atom is -0.422 e. The van der Waals surface area contributed by atoms with Gasteiger partial charge in [0.25, 0.3) is 0 Å². The number of alkyl halides is 3. The van der Waals surface area contributed by atoms with Crippen LogP contribution in [0.5, 0.6) is 0 Å².